The van der Waals surface area contributed by atoms with Crippen molar-refractivity contribution >= 4 is 11.0 Å². The number of nitrogens with one attached hydrogen (secondary N) is 1. The van der Waals surface area contributed by atoms with Crippen molar-refractivity contribution in [2.45, 2.75) is 56.7 Å². The average molecular weight is 397 g/mol. The van der Waals surface area contributed by atoms with Gasteiger partial charge in [0.1, 0.15) is 5.82 Å². The molecule has 0 bridgehead atoms. The lowest BCUT2D eigenvalue weighted by atomic mass is 9.91. The third-order valence-electron chi connectivity index (χ3n) is 6.71. The molecule has 5 rings (SSSR count). The summed E-state index contributed by atoms with van der Waals surface area (Å²) in [6, 6.07) is 5.16. The topological polar surface area (TPSA) is 50.3 Å². The molecule has 0 radical (unpaired) electrons. The Morgan fingerprint density at radius 1 is 1.10 bits per heavy atom. The maximum atomic E-state index is 13.7. The number of likely N-dealkylation sites (tertiary alicyclic amines) is 1. The van der Waals surface area contributed by atoms with Gasteiger partial charge in [-0.3, -0.25) is 4.57 Å². The SMILES string of the molecule is O=c1[nH]c2ccc(F)cc2n1C1CCN(C2CCOC(C3=CCCC=C3)C2)CC1. The van der Waals surface area contributed by atoms with E-state index in [0.717, 1.165) is 58.2 Å². The fraction of sp³-hybridized carbons (Fsp3) is 0.522. The molecule has 5 nitrogen and oxygen atoms in total. The number of H-pyrrole nitrogens is 1. The summed E-state index contributed by atoms with van der Waals surface area (Å²) in [5.74, 6) is -0.304. The smallest absolute Gasteiger partial charge is 0.326 e. The van der Waals surface area contributed by atoms with Crippen LogP contribution in [0.5, 0.6) is 0 Å². The first-order valence-electron chi connectivity index (χ1n) is 10.8. The predicted octanol–water partition coefficient (Wildman–Crippen LogP) is 3.93. The number of hydrogen-bond donors (Lipinski definition) is 1. The Morgan fingerprint density at radius 2 is 1.97 bits per heavy atom. The second-order valence-electron chi connectivity index (χ2n) is 8.45. The van der Waals surface area contributed by atoms with Gasteiger partial charge in [0.15, 0.2) is 0 Å². The summed E-state index contributed by atoms with van der Waals surface area (Å²) < 4.78 is 21.6. The predicted molar refractivity (Wildman–Crippen MR) is 112 cm³/mol. The maximum absolute atomic E-state index is 13.7. The summed E-state index contributed by atoms with van der Waals surface area (Å²) in [7, 11) is 0. The van der Waals surface area contributed by atoms with Gasteiger partial charge < -0.3 is 14.6 Å². The number of aromatic nitrogens is 2. The number of hydrogen-bond acceptors (Lipinski definition) is 3. The molecule has 2 aromatic rings. The molecule has 2 unspecified atom stereocenters. The highest BCUT2D eigenvalue weighted by Gasteiger charge is 2.32. The highest BCUT2D eigenvalue weighted by Crippen LogP contribution is 2.31. The molecule has 2 aliphatic heterocycles. The Morgan fingerprint density at radius 3 is 2.76 bits per heavy atom. The van der Waals surface area contributed by atoms with Crippen molar-refractivity contribution in [2.75, 3.05) is 19.7 Å². The van der Waals surface area contributed by atoms with Gasteiger partial charge in [-0.1, -0.05) is 18.2 Å². The molecule has 3 heterocycles. The first-order chi connectivity index (χ1) is 14.2. The minimum absolute atomic E-state index is 0.119. The van der Waals surface area contributed by atoms with E-state index < -0.39 is 0 Å². The fourth-order valence-corrected chi connectivity index (χ4v) is 5.18. The minimum atomic E-state index is -0.304. The number of nitrogens with zero attached hydrogens (tertiary/aromatic N) is 2. The molecule has 154 valence electrons. The second-order valence-corrected chi connectivity index (χ2v) is 8.45. The van der Waals surface area contributed by atoms with Crippen LogP contribution in [0.2, 0.25) is 0 Å². The number of ether oxygens (including phenoxy) is 1. The van der Waals surface area contributed by atoms with Gasteiger partial charge in [-0.15, -0.1) is 0 Å². The van der Waals surface area contributed by atoms with Crippen molar-refractivity contribution in [3.8, 4) is 0 Å². The van der Waals surface area contributed by atoms with Crippen molar-refractivity contribution in [1.82, 2.24) is 14.5 Å². The highest BCUT2D eigenvalue weighted by molar-refractivity contribution is 5.75. The first-order valence-corrected chi connectivity index (χ1v) is 10.8. The average Bonchev–Trinajstić information content (AvgIpc) is 3.09. The standard InChI is InChI=1S/C23H28FN3O2/c24-17-6-7-20-21(14-17)27(23(28)25-20)18-8-11-26(12-9-18)19-10-13-29-22(15-19)16-4-2-1-3-5-16/h2,4-7,14,18-19,22H,1,3,8-13,15H2,(H,25,28). The van der Waals surface area contributed by atoms with Crippen LogP contribution in [-0.2, 0) is 4.74 Å². The quantitative estimate of drug-likeness (QED) is 0.854. The fourth-order valence-electron chi connectivity index (χ4n) is 5.18. The van der Waals surface area contributed by atoms with Crippen LogP contribution >= 0.6 is 0 Å². The third kappa shape index (κ3) is 3.71. The Labute approximate surface area is 169 Å². The Bertz CT molecular complexity index is 997. The van der Waals surface area contributed by atoms with Crippen molar-refractivity contribution in [3.63, 3.8) is 0 Å². The molecule has 2 atom stereocenters. The zero-order valence-corrected chi connectivity index (χ0v) is 16.6. The number of rotatable bonds is 3. The van der Waals surface area contributed by atoms with Gasteiger partial charge in [0.05, 0.1) is 17.1 Å². The van der Waals surface area contributed by atoms with Crippen LogP contribution in [0.3, 0.4) is 0 Å². The van der Waals surface area contributed by atoms with Crippen LogP contribution in [0.1, 0.15) is 44.6 Å². The van der Waals surface area contributed by atoms with Crippen LogP contribution in [0.15, 0.2) is 46.8 Å². The summed E-state index contributed by atoms with van der Waals surface area (Å²) in [4.78, 5) is 17.9. The number of aromatic amines is 1. The molecule has 1 N–H and O–H groups in total. The summed E-state index contributed by atoms with van der Waals surface area (Å²) >= 11 is 0. The Kier molecular flexibility index (Phi) is 5.14. The molecule has 29 heavy (non-hydrogen) atoms. The molecule has 1 aliphatic carbocycles. The number of fused-ring (bicyclic) bond motifs is 1. The largest absolute Gasteiger partial charge is 0.373 e. The Balaban J connectivity index is 1.27. The van der Waals surface area contributed by atoms with Gasteiger partial charge in [-0.25, -0.2) is 9.18 Å². The molecular weight excluding hydrogens is 369 g/mol. The van der Waals surface area contributed by atoms with E-state index in [1.54, 1.807) is 10.6 Å². The van der Waals surface area contributed by atoms with Crippen LogP contribution in [0.25, 0.3) is 11.0 Å². The van der Waals surface area contributed by atoms with Gasteiger partial charge in [-0.2, -0.15) is 0 Å². The third-order valence-corrected chi connectivity index (χ3v) is 6.71. The van der Waals surface area contributed by atoms with E-state index in [-0.39, 0.29) is 23.7 Å². The van der Waals surface area contributed by atoms with Gasteiger partial charge in [0.2, 0.25) is 0 Å². The van der Waals surface area contributed by atoms with E-state index in [0.29, 0.717) is 17.1 Å². The van der Waals surface area contributed by atoms with E-state index >= 15 is 0 Å². The molecule has 0 spiro atoms. The summed E-state index contributed by atoms with van der Waals surface area (Å²) in [5.41, 5.74) is 2.59. The zero-order valence-electron chi connectivity index (χ0n) is 16.6. The molecule has 6 heteroatoms. The second kappa shape index (κ2) is 7.92. The summed E-state index contributed by atoms with van der Waals surface area (Å²) in [6.45, 7) is 2.73. The van der Waals surface area contributed by atoms with Crippen molar-refractivity contribution in [2.24, 2.45) is 0 Å². The van der Waals surface area contributed by atoms with Crippen LogP contribution in [0.4, 0.5) is 4.39 Å². The molecule has 3 aliphatic rings. The van der Waals surface area contributed by atoms with Crippen molar-refractivity contribution in [1.29, 1.82) is 0 Å². The number of halogens is 1. The highest BCUT2D eigenvalue weighted by atomic mass is 19.1. The van der Waals surface area contributed by atoms with E-state index in [9.17, 15) is 9.18 Å². The van der Waals surface area contributed by atoms with Crippen LogP contribution < -0.4 is 5.69 Å². The van der Waals surface area contributed by atoms with Crippen LogP contribution in [0, 0.1) is 5.82 Å². The lowest BCUT2D eigenvalue weighted by Crippen LogP contribution is -2.47. The molecule has 1 aromatic carbocycles. The minimum Gasteiger partial charge on any atom is -0.373 e. The summed E-state index contributed by atoms with van der Waals surface area (Å²) in [5, 5.41) is 0. The lowest BCUT2D eigenvalue weighted by molar-refractivity contribution is -0.0150. The monoisotopic (exact) mass is 397 g/mol. The molecule has 1 aromatic heterocycles. The zero-order chi connectivity index (χ0) is 19.8. The normalized spacial score (nSPS) is 26.7. The molecular formula is C23H28FN3O2. The molecule has 0 saturated carbocycles. The first kappa shape index (κ1) is 18.8. The van der Waals surface area contributed by atoms with Gasteiger partial charge >= 0.3 is 5.69 Å². The van der Waals surface area contributed by atoms with E-state index in [4.69, 9.17) is 4.74 Å². The van der Waals surface area contributed by atoms with E-state index in [1.807, 2.05) is 0 Å². The van der Waals surface area contributed by atoms with Gasteiger partial charge in [0, 0.05) is 31.8 Å². The van der Waals surface area contributed by atoms with E-state index in [1.165, 1.54) is 17.7 Å². The molecule has 2 fully saturated rings. The van der Waals surface area contributed by atoms with Gasteiger partial charge in [-0.05, 0) is 62.3 Å². The van der Waals surface area contributed by atoms with Crippen LogP contribution in [-0.4, -0.2) is 46.3 Å². The Hall–Kier alpha value is -2.18. The maximum Gasteiger partial charge on any atom is 0.326 e. The van der Waals surface area contributed by atoms with Gasteiger partial charge in [0.25, 0.3) is 0 Å². The summed E-state index contributed by atoms with van der Waals surface area (Å²) in [6.07, 6.45) is 13.2. The lowest BCUT2D eigenvalue weighted by Gasteiger charge is -2.41. The van der Waals surface area contributed by atoms with E-state index in [2.05, 4.69) is 28.1 Å². The van der Waals surface area contributed by atoms with Crippen molar-refractivity contribution < 1.29 is 9.13 Å². The number of allylic oxidation sites excluding steroid dienone is 2. The number of imidazole rings is 1. The number of piperidine rings is 1. The molecule has 0 amide bonds. The van der Waals surface area contributed by atoms with Crippen molar-refractivity contribution in [3.05, 3.63) is 58.3 Å². The number of benzene rings is 1. The molecule has 2 saturated heterocycles.